The van der Waals surface area contributed by atoms with E-state index >= 15 is 0 Å². The number of hydrogen-bond acceptors (Lipinski definition) is 5. The summed E-state index contributed by atoms with van der Waals surface area (Å²) in [7, 11) is 0. The summed E-state index contributed by atoms with van der Waals surface area (Å²) >= 11 is 0. The van der Waals surface area contributed by atoms with E-state index < -0.39 is 12.1 Å². The van der Waals surface area contributed by atoms with E-state index in [0.717, 1.165) is 11.3 Å². The number of aryl methyl sites for hydroxylation is 1. The summed E-state index contributed by atoms with van der Waals surface area (Å²) in [6, 6.07) is 12.3. The number of nitrogens with one attached hydrogen (secondary N) is 1. The molecule has 3 aromatic rings. The first-order valence-corrected chi connectivity index (χ1v) is 8.58. The van der Waals surface area contributed by atoms with Gasteiger partial charge in [-0.25, -0.2) is 4.98 Å². The van der Waals surface area contributed by atoms with Gasteiger partial charge in [0.1, 0.15) is 24.5 Å². The summed E-state index contributed by atoms with van der Waals surface area (Å²) in [4.78, 5) is 30.7. The average Bonchev–Trinajstić information content (AvgIpc) is 3.08. The number of carbonyl (C=O) groups is 1. The highest BCUT2D eigenvalue weighted by Crippen LogP contribution is 2.24. The largest absolute Gasteiger partial charge is 0.489 e. The Morgan fingerprint density at radius 1 is 1.26 bits per heavy atom. The third-order valence-corrected chi connectivity index (χ3v) is 4.35. The van der Waals surface area contributed by atoms with Gasteiger partial charge in [0, 0.05) is 12.3 Å². The number of pyridine rings is 1. The smallest absolute Gasteiger partial charge is 0.293 e. The van der Waals surface area contributed by atoms with Crippen molar-refractivity contribution in [3.63, 3.8) is 0 Å². The van der Waals surface area contributed by atoms with Gasteiger partial charge in [-0.1, -0.05) is 30.3 Å². The van der Waals surface area contributed by atoms with Gasteiger partial charge in [0.05, 0.1) is 17.7 Å². The van der Waals surface area contributed by atoms with Gasteiger partial charge >= 0.3 is 0 Å². The van der Waals surface area contributed by atoms with Crippen LogP contribution in [0.4, 0.5) is 0 Å². The fourth-order valence-corrected chi connectivity index (χ4v) is 2.97. The highest BCUT2D eigenvalue weighted by Gasteiger charge is 2.26. The van der Waals surface area contributed by atoms with Gasteiger partial charge in [-0.3, -0.25) is 9.59 Å². The van der Waals surface area contributed by atoms with Crippen molar-refractivity contribution in [2.75, 3.05) is 0 Å². The van der Waals surface area contributed by atoms with Crippen molar-refractivity contribution in [1.82, 2.24) is 14.5 Å². The van der Waals surface area contributed by atoms with Crippen LogP contribution in [0, 0.1) is 6.92 Å². The molecule has 1 aromatic carbocycles. The summed E-state index contributed by atoms with van der Waals surface area (Å²) in [6.07, 6.45) is 2.63. The highest BCUT2D eigenvalue weighted by atomic mass is 16.5. The molecule has 1 N–H and O–H groups in total. The number of carbonyl (C=O) groups excluding carboxylic acids is 1. The van der Waals surface area contributed by atoms with Crippen LogP contribution in [-0.4, -0.2) is 27.1 Å². The second kappa shape index (κ2) is 8.35. The molecule has 7 heteroatoms. The molecule has 0 aliphatic rings. The molecule has 0 radical (unpaired) electrons. The van der Waals surface area contributed by atoms with E-state index in [4.69, 9.17) is 9.47 Å². The zero-order valence-corrected chi connectivity index (χ0v) is 15.2. The summed E-state index contributed by atoms with van der Waals surface area (Å²) in [5, 5.41) is 0. The van der Waals surface area contributed by atoms with Crippen molar-refractivity contribution in [2.24, 2.45) is 0 Å². The fourth-order valence-electron chi connectivity index (χ4n) is 2.97. The van der Waals surface area contributed by atoms with E-state index in [-0.39, 0.29) is 5.56 Å². The first kappa shape index (κ1) is 18.4. The van der Waals surface area contributed by atoms with Crippen LogP contribution in [0.5, 0.6) is 5.75 Å². The Bertz CT molecular complexity index is 949. The molecule has 0 spiro atoms. The van der Waals surface area contributed by atoms with E-state index in [2.05, 4.69) is 9.97 Å². The number of aromatic amines is 1. The standard InChI is InChI=1S/C20H21N3O4/c1-14-19(22-12-21-14)20(15(2)27-13-24)23-9-8-17(10-18(23)25)26-11-16-6-4-3-5-7-16/h3-10,12-13,15,20H,11H2,1-2H3,(H,21,22). The zero-order chi connectivity index (χ0) is 19.2. The van der Waals surface area contributed by atoms with Gasteiger partial charge in [-0.15, -0.1) is 0 Å². The third-order valence-electron chi connectivity index (χ3n) is 4.35. The highest BCUT2D eigenvalue weighted by molar-refractivity contribution is 5.38. The van der Waals surface area contributed by atoms with Crippen molar-refractivity contribution in [1.29, 1.82) is 0 Å². The molecule has 2 atom stereocenters. The lowest BCUT2D eigenvalue weighted by Gasteiger charge is -2.24. The zero-order valence-electron chi connectivity index (χ0n) is 15.2. The lowest BCUT2D eigenvalue weighted by molar-refractivity contribution is -0.134. The monoisotopic (exact) mass is 367 g/mol. The van der Waals surface area contributed by atoms with Gasteiger partial charge in [0.2, 0.25) is 0 Å². The minimum absolute atomic E-state index is 0.263. The van der Waals surface area contributed by atoms with E-state index in [1.807, 2.05) is 37.3 Å². The van der Waals surface area contributed by atoms with Crippen molar-refractivity contribution >= 4 is 6.47 Å². The molecule has 0 amide bonds. The molecule has 27 heavy (non-hydrogen) atoms. The number of ether oxygens (including phenoxy) is 2. The molecule has 2 aromatic heterocycles. The second-order valence-corrected chi connectivity index (χ2v) is 6.17. The Kier molecular flexibility index (Phi) is 5.71. The molecular formula is C20H21N3O4. The van der Waals surface area contributed by atoms with Crippen LogP contribution >= 0.6 is 0 Å². The van der Waals surface area contributed by atoms with E-state index in [9.17, 15) is 9.59 Å². The molecule has 0 aliphatic carbocycles. The van der Waals surface area contributed by atoms with Crippen LogP contribution in [0.3, 0.4) is 0 Å². The Morgan fingerprint density at radius 3 is 2.67 bits per heavy atom. The fraction of sp³-hybridized carbons (Fsp3) is 0.250. The molecule has 3 rings (SSSR count). The Labute approximate surface area is 156 Å². The SMILES string of the molecule is Cc1nc[nH]c1C(C(C)OC=O)n1ccc(OCc2ccccc2)cc1=O. The minimum atomic E-state index is -0.560. The molecule has 0 fully saturated rings. The number of imidazole rings is 1. The molecule has 140 valence electrons. The van der Waals surface area contributed by atoms with Gasteiger partial charge < -0.3 is 19.0 Å². The summed E-state index contributed by atoms with van der Waals surface area (Å²) in [6.45, 7) is 4.31. The maximum atomic E-state index is 12.7. The normalized spacial score (nSPS) is 13.0. The molecule has 2 unspecified atom stereocenters. The van der Waals surface area contributed by atoms with Crippen molar-refractivity contribution < 1.29 is 14.3 Å². The number of nitrogens with zero attached hydrogens (tertiary/aromatic N) is 2. The lowest BCUT2D eigenvalue weighted by Crippen LogP contribution is -2.33. The van der Waals surface area contributed by atoms with Gasteiger partial charge in [-0.2, -0.15) is 0 Å². The maximum Gasteiger partial charge on any atom is 0.293 e. The average molecular weight is 367 g/mol. The van der Waals surface area contributed by atoms with E-state index in [1.165, 1.54) is 10.6 Å². The Balaban J connectivity index is 1.86. The number of rotatable bonds is 8. The van der Waals surface area contributed by atoms with Crippen LogP contribution in [0.15, 0.2) is 59.8 Å². The Hall–Kier alpha value is -3.35. The van der Waals surface area contributed by atoms with Crippen molar-refractivity contribution in [2.45, 2.75) is 32.6 Å². The lowest BCUT2D eigenvalue weighted by atomic mass is 10.1. The molecular weight excluding hydrogens is 346 g/mol. The quantitative estimate of drug-likeness (QED) is 0.619. The Morgan fingerprint density at radius 2 is 2.04 bits per heavy atom. The summed E-state index contributed by atoms with van der Waals surface area (Å²) in [5.74, 6) is 0.476. The first-order chi connectivity index (χ1) is 13.1. The van der Waals surface area contributed by atoms with Crippen molar-refractivity contribution in [3.05, 3.63) is 82.3 Å². The molecule has 0 saturated carbocycles. The van der Waals surface area contributed by atoms with Gasteiger partial charge in [-0.05, 0) is 25.5 Å². The van der Waals surface area contributed by atoms with Crippen LogP contribution in [-0.2, 0) is 16.1 Å². The maximum absolute atomic E-state index is 12.7. The topological polar surface area (TPSA) is 86.2 Å². The van der Waals surface area contributed by atoms with Gasteiger partial charge in [0.25, 0.3) is 12.0 Å². The summed E-state index contributed by atoms with van der Waals surface area (Å²) < 4.78 is 12.3. The van der Waals surface area contributed by atoms with Crippen molar-refractivity contribution in [3.8, 4) is 5.75 Å². The predicted molar refractivity (Wildman–Crippen MR) is 99.6 cm³/mol. The number of H-pyrrole nitrogens is 1. The first-order valence-electron chi connectivity index (χ1n) is 8.58. The third kappa shape index (κ3) is 4.25. The molecule has 0 bridgehead atoms. The van der Waals surface area contributed by atoms with Crippen LogP contribution in [0.25, 0.3) is 0 Å². The minimum Gasteiger partial charge on any atom is -0.489 e. The van der Waals surface area contributed by atoms with Crippen LogP contribution in [0.2, 0.25) is 0 Å². The molecule has 7 nitrogen and oxygen atoms in total. The van der Waals surface area contributed by atoms with Crippen LogP contribution < -0.4 is 10.3 Å². The van der Waals surface area contributed by atoms with E-state index in [0.29, 0.717) is 24.5 Å². The molecule has 0 saturated heterocycles. The predicted octanol–water partition coefficient (Wildman–Crippen LogP) is 2.61. The van der Waals surface area contributed by atoms with Crippen LogP contribution in [0.1, 0.15) is 29.9 Å². The number of hydrogen-bond donors (Lipinski definition) is 1. The molecule has 2 heterocycles. The number of aromatic nitrogens is 3. The summed E-state index contributed by atoms with van der Waals surface area (Å²) in [5.41, 5.74) is 2.20. The number of benzene rings is 1. The second-order valence-electron chi connectivity index (χ2n) is 6.17. The van der Waals surface area contributed by atoms with E-state index in [1.54, 1.807) is 25.5 Å². The molecule has 0 aliphatic heterocycles. The van der Waals surface area contributed by atoms with Gasteiger partial charge in [0.15, 0.2) is 0 Å².